The van der Waals surface area contributed by atoms with Crippen molar-refractivity contribution in [1.29, 1.82) is 0 Å². The Morgan fingerprint density at radius 1 is 1.23 bits per heavy atom. The van der Waals surface area contributed by atoms with E-state index in [0.29, 0.717) is 31.2 Å². The third kappa shape index (κ3) is 3.56. The van der Waals surface area contributed by atoms with Gasteiger partial charge in [0.2, 0.25) is 5.88 Å². The van der Waals surface area contributed by atoms with Gasteiger partial charge in [-0.3, -0.25) is 9.36 Å². The minimum absolute atomic E-state index is 0.127. The first kappa shape index (κ1) is 19.7. The summed E-state index contributed by atoms with van der Waals surface area (Å²) in [6, 6.07) is 11.2. The fourth-order valence-corrected chi connectivity index (χ4v) is 4.27. The van der Waals surface area contributed by atoms with E-state index in [-0.39, 0.29) is 11.4 Å². The van der Waals surface area contributed by atoms with E-state index in [1.807, 2.05) is 0 Å². The summed E-state index contributed by atoms with van der Waals surface area (Å²) >= 11 is 6.49. The maximum Gasteiger partial charge on any atom is 0.335 e. The molecule has 0 saturated heterocycles. The van der Waals surface area contributed by atoms with Crippen molar-refractivity contribution in [3.05, 3.63) is 73.0 Å². The number of rotatable bonds is 4. The van der Waals surface area contributed by atoms with Gasteiger partial charge in [0.15, 0.2) is 3.95 Å². The van der Waals surface area contributed by atoms with Crippen molar-refractivity contribution in [3.8, 4) is 17.3 Å². The molecule has 2 N–H and O–H groups in total. The molecule has 1 aromatic heterocycles. The van der Waals surface area contributed by atoms with Crippen LogP contribution < -0.4 is 15.3 Å². The Morgan fingerprint density at radius 2 is 1.97 bits per heavy atom. The number of amides is 1. The quantitative estimate of drug-likeness (QED) is 0.480. The van der Waals surface area contributed by atoms with Crippen LogP contribution >= 0.6 is 23.6 Å². The molecule has 0 atom stereocenters. The van der Waals surface area contributed by atoms with Crippen LogP contribution in [-0.2, 0) is 4.79 Å². The number of ether oxygens (including phenoxy) is 1. The van der Waals surface area contributed by atoms with E-state index in [0.717, 1.165) is 16.6 Å². The van der Waals surface area contributed by atoms with Gasteiger partial charge in [-0.05, 0) is 60.8 Å². The first-order valence-electron chi connectivity index (χ1n) is 8.66. The number of carbonyl (C=O) groups is 2. The summed E-state index contributed by atoms with van der Waals surface area (Å²) in [7, 11) is 1.54. The van der Waals surface area contributed by atoms with E-state index in [9.17, 15) is 14.7 Å². The van der Waals surface area contributed by atoms with E-state index in [4.69, 9.17) is 22.1 Å². The molecule has 0 radical (unpaired) electrons. The lowest BCUT2D eigenvalue weighted by Crippen LogP contribution is -2.30. The van der Waals surface area contributed by atoms with Crippen LogP contribution in [-0.4, -0.2) is 33.8 Å². The van der Waals surface area contributed by atoms with Crippen molar-refractivity contribution in [2.24, 2.45) is 4.99 Å². The summed E-state index contributed by atoms with van der Waals surface area (Å²) < 4.78 is 6.93. The predicted octanol–water partition coefficient (Wildman–Crippen LogP) is 2.70. The number of aromatic hydroxyl groups is 1. The number of aromatic nitrogens is 1. The molecule has 0 bridgehead atoms. The first-order chi connectivity index (χ1) is 14.4. The van der Waals surface area contributed by atoms with Crippen LogP contribution in [0.2, 0.25) is 0 Å². The summed E-state index contributed by atoms with van der Waals surface area (Å²) in [5.41, 5.74) is 0.957. The summed E-state index contributed by atoms with van der Waals surface area (Å²) in [4.78, 5) is 28.0. The molecule has 0 fully saturated rings. The number of nitrogens with zero attached hydrogens (tertiary/aromatic N) is 2. The molecule has 2 heterocycles. The van der Waals surface area contributed by atoms with Gasteiger partial charge in [0.05, 0.1) is 28.6 Å². The molecule has 4 rings (SSSR count). The fourth-order valence-electron chi connectivity index (χ4n) is 2.97. The Bertz CT molecular complexity index is 1400. The molecule has 0 unspecified atom stereocenters. The normalized spacial score (nSPS) is 14.0. The van der Waals surface area contributed by atoms with Crippen LogP contribution in [0.4, 0.5) is 0 Å². The maximum atomic E-state index is 12.5. The lowest BCUT2D eigenvalue weighted by atomic mass is 10.1. The number of fused-ring (bicyclic) bond motifs is 1. The molecule has 1 amide bonds. The van der Waals surface area contributed by atoms with Gasteiger partial charge in [-0.25, -0.2) is 9.79 Å². The zero-order chi connectivity index (χ0) is 21.4. The van der Waals surface area contributed by atoms with Crippen molar-refractivity contribution in [3.63, 3.8) is 0 Å². The molecule has 7 nitrogen and oxygen atoms in total. The lowest BCUT2D eigenvalue weighted by Gasteiger charge is -2.06. The molecule has 1 aliphatic heterocycles. The number of benzene rings is 2. The van der Waals surface area contributed by atoms with Gasteiger partial charge in [-0.2, -0.15) is 0 Å². The van der Waals surface area contributed by atoms with E-state index in [1.54, 1.807) is 36.4 Å². The fraction of sp³-hybridized carbons (Fsp3) is 0.0476. The number of carboxylic acids is 1. The molecular weight excluding hydrogens is 424 g/mol. The monoisotopic (exact) mass is 438 g/mol. The highest BCUT2D eigenvalue weighted by Crippen LogP contribution is 2.32. The number of carbonyl (C=O) groups excluding carboxylic acids is 1. The Balaban J connectivity index is 1.77. The Hall–Kier alpha value is -3.56. The third-order valence-corrected chi connectivity index (χ3v) is 5.80. The minimum Gasteiger partial charge on any atom is -0.497 e. The smallest absolute Gasteiger partial charge is 0.335 e. The van der Waals surface area contributed by atoms with Crippen LogP contribution in [0.15, 0.2) is 53.0 Å². The van der Waals surface area contributed by atoms with Crippen LogP contribution in [0.25, 0.3) is 17.8 Å². The molecule has 3 aromatic rings. The van der Waals surface area contributed by atoms with Crippen LogP contribution in [0.1, 0.15) is 15.2 Å². The van der Waals surface area contributed by atoms with Gasteiger partial charge in [-0.1, -0.05) is 0 Å². The molecule has 150 valence electrons. The number of hydrogen-bond donors (Lipinski definition) is 2. The van der Waals surface area contributed by atoms with E-state index < -0.39 is 11.9 Å². The highest BCUT2D eigenvalue weighted by molar-refractivity contribution is 7.73. The molecule has 9 heteroatoms. The Labute approximate surface area is 179 Å². The third-order valence-electron chi connectivity index (χ3n) is 4.49. The second-order valence-corrected chi connectivity index (χ2v) is 8.00. The van der Waals surface area contributed by atoms with Crippen molar-refractivity contribution >= 4 is 47.6 Å². The van der Waals surface area contributed by atoms with E-state index in [1.165, 1.54) is 29.9 Å². The molecule has 0 spiro atoms. The Kier molecular flexibility index (Phi) is 5.06. The highest BCUT2D eigenvalue weighted by Gasteiger charge is 2.16. The molecule has 30 heavy (non-hydrogen) atoms. The number of carboxylic acid groups (broad SMARTS) is 1. The van der Waals surface area contributed by atoms with Crippen LogP contribution in [0.3, 0.4) is 0 Å². The first-order valence-corrected chi connectivity index (χ1v) is 9.89. The molecule has 0 aliphatic carbocycles. The van der Waals surface area contributed by atoms with Crippen molar-refractivity contribution < 1.29 is 24.5 Å². The molecule has 2 aromatic carbocycles. The van der Waals surface area contributed by atoms with Gasteiger partial charge < -0.3 is 14.9 Å². The second kappa shape index (κ2) is 7.69. The van der Waals surface area contributed by atoms with E-state index >= 15 is 0 Å². The number of hydrogen-bond acceptors (Lipinski definition) is 6. The maximum absolute atomic E-state index is 12.5. The summed E-state index contributed by atoms with van der Waals surface area (Å²) in [6.07, 6.45) is 3.23. The van der Waals surface area contributed by atoms with Crippen molar-refractivity contribution in [2.45, 2.75) is 0 Å². The number of thiazole rings is 1. The summed E-state index contributed by atoms with van der Waals surface area (Å²) in [6.45, 7) is 0. The van der Waals surface area contributed by atoms with Gasteiger partial charge in [0.25, 0.3) is 5.91 Å². The average Bonchev–Trinajstić information content (AvgIpc) is 3.01. The van der Waals surface area contributed by atoms with Gasteiger partial charge in [-0.15, -0.1) is 11.3 Å². The second-order valence-electron chi connectivity index (χ2n) is 6.33. The number of aromatic carboxylic acids is 1. The zero-order valence-corrected chi connectivity index (χ0v) is 17.2. The zero-order valence-electron chi connectivity index (χ0n) is 15.5. The summed E-state index contributed by atoms with van der Waals surface area (Å²) in [5, 5.41) is 21.0. The van der Waals surface area contributed by atoms with Gasteiger partial charge in [0, 0.05) is 16.9 Å². The van der Waals surface area contributed by atoms with Gasteiger partial charge in [0.1, 0.15) is 5.75 Å². The molecule has 0 saturated carbocycles. The lowest BCUT2D eigenvalue weighted by molar-refractivity contribution is -0.114. The topological polar surface area (TPSA) is 101 Å². The van der Waals surface area contributed by atoms with Crippen LogP contribution in [0.5, 0.6) is 11.6 Å². The van der Waals surface area contributed by atoms with Gasteiger partial charge >= 0.3 is 5.97 Å². The van der Waals surface area contributed by atoms with Crippen LogP contribution in [0, 0.1) is 3.95 Å². The highest BCUT2D eigenvalue weighted by atomic mass is 32.1. The van der Waals surface area contributed by atoms with E-state index in [2.05, 4.69) is 4.99 Å². The SMILES string of the molecule is COc1ccc2c(c1)=NC(=O)C(=Cc1sc(=S)n(-c3ccc(C(=O)O)cc3)c1O)C=2. The Morgan fingerprint density at radius 3 is 2.63 bits per heavy atom. The standard InChI is InChI=1S/C21H14N2O5S2/c1-28-15-7-4-12-8-13(18(24)22-16(12)10-15)9-17-19(25)23(21(29)30-17)14-5-2-11(3-6-14)20(26)27/h2-10,25H,1H3,(H,26,27). The number of methoxy groups -OCH3 is 1. The summed E-state index contributed by atoms with van der Waals surface area (Å²) in [5.74, 6) is -1.01. The van der Waals surface area contributed by atoms with Crippen molar-refractivity contribution in [2.75, 3.05) is 7.11 Å². The molecular formula is C21H14N2O5S2. The predicted molar refractivity (Wildman–Crippen MR) is 114 cm³/mol. The van der Waals surface area contributed by atoms with Crippen molar-refractivity contribution in [1.82, 2.24) is 4.57 Å². The largest absolute Gasteiger partial charge is 0.497 e. The molecule has 1 aliphatic rings. The minimum atomic E-state index is -1.04. The average molecular weight is 438 g/mol.